The Bertz CT molecular complexity index is 384. The van der Waals surface area contributed by atoms with Gasteiger partial charge in [0.25, 0.3) is 0 Å². The lowest BCUT2D eigenvalue weighted by molar-refractivity contribution is 0.360. The molecule has 4 heteroatoms. The van der Waals surface area contributed by atoms with Crippen molar-refractivity contribution in [3.8, 4) is 11.8 Å². The number of halogens is 2. The molecule has 72 valence electrons. The summed E-state index contributed by atoms with van der Waals surface area (Å²) in [4.78, 5) is 0. The summed E-state index contributed by atoms with van der Waals surface area (Å²) in [6.07, 6.45) is 1.58. The predicted octanol–water partition coefficient (Wildman–Crippen LogP) is 2.83. The Morgan fingerprint density at radius 3 is 2.93 bits per heavy atom. The second-order valence-electron chi connectivity index (χ2n) is 2.43. The average Bonchev–Trinajstić information content (AvgIpc) is 2.18. The minimum Gasteiger partial charge on any atom is -0.489 e. The van der Waals surface area contributed by atoms with E-state index in [0.29, 0.717) is 5.75 Å². The molecule has 0 aliphatic heterocycles. The molecule has 0 aliphatic carbocycles. The van der Waals surface area contributed by atoms with E-state index < -0.39 is 5.82 Å². The van der Waals surface area contributed by atoms with Gasteiger partial charge in [-0.25, -0.2) is 4.39 Å². The first kappa shape index (κ1) is 10.6. The highest BCUT2D eigenvalue weighted by Crippen LogP contribution is 2.15. The third-order valence-corrected chi connectivity index (χ3v) is 1.67. The van der Waals surface area contributed by atoms with E-state index in [-0.39, 0.29) is 12.2 Å². The number of hydrogen-bond acceptors (Lipinski definition) is 2. The van der Waals surface area contributed by atoms with Gasteiger partial charge in [-0.1, -0.05) is 11.6 Å². The van der Waals surface area contributed by atoms with Gasteiger partial charge in [-0.3, -0.25) is 0 Å². The summed E-state index contributed by atoms with van der Waals surface area (Å²) in [6, 6.07) is 5.79. The molecular weight excluding hydrogens is 205 g/mol. The molecular formula is C10H7ClFNO. The summed E-state index contributed by atoms with van der Waals surface area (Å²) in [7, 11) is 0. The molecule has 1 aromatic carbocycles. The fourth-order valence-corrected chi connectivity index (χ4v) is 0.930. The van der Waals surface area contributed by atoms with Crippen LogP contribution in [0.1, 0.15) is 5.56 Å². The first-order valence-electron chi connectivity index (χ1n) is 3.85. The molecule has 0 spiro atoms. The van der Waals surface area contributed by atoms with E-state index in [9.17, 15) is 4.39 Å². The van der Waals surface area contributed by atoms with Gasteiger partial charge >= 0.3 is 0 Å². The normalized spacial score (nSPS) is 10.1. The minimum atomic E-state index is -0.583. The molecule has 0 saturated carbocycles. The maximum atomic E-state index is 13.0. The standard InChI is InChI=1S/C10H7ClFNO/c11-4-1-5-14-9-3-2-8(7-13)10(12)6-9/h1-4,6H,5H2. The van der Waals surface area contributed by atoms with Crippen LogP contribution in [0.5, 0.6) is 5.75 Å². The number of ether oxygens (including phenoxy) is 1. The highest BCUT2D eigenvalue weighted by Gasteiger charge is 2.02. The van der Waals surface area contributed by atoms with Crippen molar-refractivity contribution in [2.45, 2.75) is 0 Å². The summed E-state index contributed by atoms with van der Waals surface area (Å²) >= 11 is 5.27. The van der Waals surface area contributed by atoms with E-state index in [1.807, 2.05) is 0 Å². The fraction of sp³-hybridized carbons (Fsp3) is 0.100. The van der Waals surface area contributed by atoms with Crippen LogP contribution in [0.25, 0.3) is 0 Å². The van der Waals surface area contributed by atoms with Crippen molar-refractivity contribution in [2.24, 2.45) is 0 Å². The Labute approximate surface area is 86.2 Å². The zero-order valence-electron chi connectivity index (χ0n) is 7.21. The Balaban J connectivity index is 2.72. The molecule has 0 bridgehead atoms. The lowest BCUT2D eigenvalue weighted by Gasteiger charge is -2.02. The second kappa shape index (κ2) is 5.25. The molecule has 14 heavy (non-hydrogen) atoms. The smallest absolute Gasteiger partial charge is 0.144 e. The van der Waals surface area contributed by atoms with Gasteiger partial charge in [0.15, 0.2) is 0 Å². The average molecular weight is 212 g/mol. The number of rotatable bonds is 3. The fourth-order valence-electron chi connectivity index (χ4n) is 0.857. The van der Waals surface area contributed by atoms with Crippen molar-refractivity contribution in [3.63, 3.8) is 0 Å². The van der Waals surface area contributed by atoms with Gasteiger partial charge in [0.2, 0.25) is 0 Å². The lowest BCUT2D eigenvalue weighted by Crippen LogP contribution is -1.94. The van der Waals surface area contributed by atoms with Gasteiger partial charge in [0, 0.05) is 11.6 Å². The van der Waals surface area contributed by atoms with Crippen molar-refractivity contribution in [2.75, 3.05) is 6.61 Å². The van der Waals surface area contributed by atoms with Crippen LogP contribution >= 0.6 is 11.6 Å². The largest absolute Gasteiger partial charge is 0.489 e. The Morgan fingerprint density at radius 2 is 2.36 bits per heavy atom. The zero-order valence-corrected chi connectivity index (χ0v) is 7.96. The van der Waals surface area contributed by atoms with Gasteiger partial charge in [-0.2, -0.15) is 5.26 Å². The summed E-state index contributed by atoms with van der Waals surface area (Å²) in [5.41, 5.74) is 1.32. The van der Waals surface area contributed by atoms with E-state index in [1.165, 1.54) is 23.7 Å². The maximum Gasteiger partial charge on any atom is 0.144 e. The molecule has 0 aromatic heterocycles. The van der Waals surface area contributed by atoms with Crippen LogP contribution in [-0.4, -0.2) is 6.61 Å². The molecule has 0 saturated heterocycles. The molecule has 0 unspecified atom stereocenters. The van der Waals surface area contributed by atoms with Crippen molar-refractivity contribution in [1.82, 2.24) is 0 Å². The molecule has 0 fully saturated rings. The molecule has 0 heterocycles. The highest BCUT2D eigenvalue weighted by atomic mass is 35.5. The monoisotopic (exact) mass is 211 g/mol. The summed E-state index contributed by atoms with van der Waals surface area (Å²) in [6.45, 7) is 0.273. The third-order valence-electron chi connectivity index (χ3n) is 1.50. The number of nitriles is 1. The number of nitrogens with zero attached hydrogens (tertiary/aromatic N) is 1. The van der Waals surface area contributed by atoms with Crippen LogP contribution in [-0.2, 0) is 0 Å². The molecule has 1 rings (SSSR count). The minimum absolute atomic E-state index is 0.00485. The Kier molecular flexibility index (Phi) is 3.96. The van der Waals surface area contributed by atoms with Crippen LogP contribution in [0.3, 0.4) is 0 Å². The highest BCUT2D eigenvalue weighted by molar-refractivity contribution is 6.25. The molecule has 2 nitrogen and oxygen atoms in total. The molecule has 1 aromatic rings. The molecule has 0 radical (unpaired) electrons. The van der Waals surface area contributed by atoms with Crippen LogP contribution in [0.2, 0.25) is 0 Å². The lowest BCUT2D eigenvalue weighted by atomic mass is 10.2. The number of benzene rings is 1. The van der Waals surface area contributed by atoms with Crippen LogP contribution in [0.4, 0.5) is 4.39 Å². The third kappa shape index (κ3) is 2.75. The van der Waals surface area contributed by atoms with Gasteiger partial charge in [0.1, 0.15) is 24.2 Å². The van der Waals surface area contributed by atoms with E-state index in [2.05, 4.69) is 0 Å². The van der Waals surface area contributed by atoms with Gasteiger partial charge < -0.3 is 4.74 Å². The Morgan fingerprint density at radius 1 is 1.57 bits per heavy atom. The Hall–Kier alpha value is -1.53. The van der Waals surface area contributed by atoms with E-state index >= 15 is 0 Å². The second-order valence-corrected chi connectivity index (χ2v) is 2.68. The van der Waals surface area contributed by atoms with Crippen molar-refractivity contribution >= 4 is 11.6 Å². The van der Waals surface area contributed by atoms with Crippen molar-refractivity contribution in [3.05, 3.63) is 41.2 Å². The van der Waals surface area contributed by atoms with Crippen LogP contribution in [0.15, 0.2) is 29.8 Å². The van der Waals surface area contributed by atoms with Gasteiger partial charge in [0.05, 0.1) is 5.56 Å². The quantitative estimate of drug-likeness (QED) is 0.770. The van der Waals surface area contributed by atoms with Crippen LogP contribution < -0.4 is 4.74 Å². The van der Waals surface area contributed by atoms with Gasteiger partial charge in [-0.15, -0.1) is 0 Å². The molecule has 0 amide bonds. The molecule has 0 N–H and O–H groups in total. The van der Waals surface area contributed by atoms with Crippen molar-refractivity contribution < 1.29 is 9.13 Å². The first-order valence-corrected chi connectivity index (χ1v) is 4.29. The molecule has 0 aliphatic rings. The SMILES string of the molecule is N#Cc1ccc(OCC=CCl)cc1F. The van der Waals surface area contributed by atoms with Crippen LogP contribution in [0, 0.1) is 17.1 Å². The summed E-state index contributed by atoms with van der Waals surface area (Å²) < 4.78 is 18.1. The van der Waals surface area contributed by atoms with E-state index in [4.69, 9.17) is 21.6 Å². The zero-order chi connectivity index (χ0) is 10.4. The summed E-state index contributed by atoms with van der Waals surface area (Å²) in [5.74, 6) is -0.212. The summed E-state index contributed by atoms with van der Waals surface area (Å²) in [5, 5.41) is 8.46. The van der Waals surface area contributed by atoms with E-state index in [0.717, 1.165) is 0 Å². The predicted molar refractivity (Wildman–Crippen MR) is 51.6 cm³/mol. The van der Waals surface area contributed by atoms with E-state index in [1.54, 1.807) is 12.1 Å². The molecule has 0 atom stereocenters. The topological polar surface area (TPSA) is 33.0 Å². The maximum absolute atomic E-state index is 13.0. The van der Waals surface area contributed by atoms with Crippen molar-refractivity contribution in [1.29, 1.82) is 5.26 Å². The first-order chi connectivity index (χ1) is 6.77. The number of hydrogen-bond donors (Lipinski definition) is 0. The van der Waals surface area contributed by atoms with Gasteiger partial charge in [-0.05, 0) is 18.2 Å².